The Labute approximate surface area is 120 Å². The van der Waals surface area contributed by atoms with Gasteiger partial charge in [-0.25, -0.2) is 0 Å². The number of nitrogens with two attached hydrogens (primary N) is 1. The van der Waals surface area contributed by atoms with Crippen molar-refractivity contribution < 1.29 is 0 Å². The Morgan fingerprint density at radius 1 is 1.37 bits per heavy atom. The van der Waals surface area contributed by atoms with Crippen LogP contribution in [0.15, 0.2) is 23.1 Å². The maximum Gasteiger partial charge on any atom is 0.126 e. The van der Waals surface area contributed by atoms with Gasteiger partial charge in [0.15, 0.2) is 0 Å². The first-order valence-corrected chi connectivity index (χ1v) is 8.03. The van der Waals surface area contributed by atoms with Gasteiger partial charge in [0.2, 0.25) is 0 Å². The van der Waals surface area contributed by atoms with E-state index in [1.807, 2.05) is 12.3 Å². The summed E-state index contributed by atoms with van der Waals surface area (Å²) in [5, 5.41) is 7.87. The van der Waals surface area contributed by atoms with Gasteiger partial charge in [0, 0.05) is 23.7 Å². The van der Waals surface area contributed by atoms with Crippen LogP contribution in [0.25, 0.3) is 0 Å². The highest BCUT2D eigenvalue weighted by atomic mass is 32.2. The standard InChI is InChI=1S/C15H23N3S/c1-10-7-8-18(9-11(10)2)12-5-4-6-13(19-3)14(12)15(16)17/h4-6,10-11H,7-9H2,1-3H3,(H3,16,17). The molecule has 0 spiro atoms. The summed E-state index contributed by atoms with van der Waals surface area (Å²) in [6.45, 7) is 6.75. The van der Waals surface area contributed by atoms with Crippen LogP contribution in [0.4, 0.5) is 5.69 Å². The van der Waals surface area contributed by atoms with Crippen LogP contribution in [0.3, 0.4) is 0 Å². The lowest BCUT2D eigenvalue weighted by atomic mass is 9.88. The fourth-order valence-corrected chi connectivity index (χ4v) is 3.34. The van der Waals surface area contributed by atoms with Gasteiger partial charge in [0.1, 0.15) is 5.84 Å². The van der Waals surface area contributed by atoms with Crippen LogP contribution >= 0.6 is 11.8 Å². The number of nitrogen functional groups attached to an aromatic ring is 1. The highest BCUT2D eigenvalue weighted by Crippen LogP contribution is 2.33. The van der Waals surface area contributed by atoms with Crippen molar-refractivity contribution >= 4 is 23.3 Å². The third-order valence-corrected chi connectivity index (χ3v) is 4.95. The second-order valence-electron chi connectivity index (χ2n) is 5.46. The molecular formula is C15H23N3S. The van der Waals surface area contributed by atoms with Crippen molar-refractivity contribution in [2.45, 2.75) is 25.2 Å². The maximum atomic E-state index is 7.87. The summed E-state index contributed by atoms with van der Waals surface area (Å²) in [5.41, 5.74) is 7.83. The zero-order chi connectivity index (χ0) is 14.0. The Bertz CT molecular complexity index is 472. The number of nitrogens with one attached hydrogen (secondary N) is 1. The summed E-state index contributed by atoms with van der Waals surface area (Å²) >= 11 is 1.66. The molecule has 1 aromatic carbocycles. The van der Waals surface area contributed by atoms with E-state index < -0.39 is 0 Å². The maximum absolute atomic E-state index is 7.87. The number of nitrogens with zero attached hydrogens (tertiary/aromatic N) is 1. The second kappa shape index (κ2) is 5.87. The Kier molecular flexibility index (Phi) is 4.40. The smallest absolute Gasteiger partial charge is 0.126 e. The van der Waals surface area contributed by atoms with Crippen molar-refractivity contribution in [3.8, 4) is 0 Å². The number of hydrogen-bond acceptors (Lipinski definition) is 3. The van der Waals surface area contributed by atoms with Crippen LogP contribution < -0.4 is 10.6 Å². The minimum atomic E-state index is 0.172. The van der Waals surface area contributed by atoms with Gasteiger partial charge in [-0.3, -0.25) is 5.41 Å². The molecule has 4 heteroatoms. The van der Waals surface area contributed by atoms with E-state index >= 15 is 0 Å². The summed E-state index contributed by atoms with van der Waals surface area (Å²) in [5.74, 6) is 1.64. The average Bonchev–Trinajstić information content (AvgIpc) is 2.40. The predicted molar refractivity (Wildman–Crippen MR) is 84.4 cm³/mol. The zero-order valence-corrected chi connectivity index (χ0v) is 12.8. The van der Waals surface area contributed by atoms with Gasteiger partial charge in [0.25, 0.3) is 0 Å². The lowest BCUT2D eigenvalue weighted by molar-refractivity contribution is 0.324. The molecule has 1 aromatic rings. The third kappa shape index (κ3) is 2.89. The Morgan fingerprint density at radius 2 is 2.11 bits per heavy atom. The average molecular weight is 277 g/mol. The molecular weight excluding hydrogens is 254 g/mol. The minimum absolute atomic E-state index is 0.172. The van der Waals surface area contributed by atoms with Crippen LogP contribution in [-0.2, 0) is 0 Å². The molecule has 2 unspecified atom stereocenters. The second-order valence-corrected chi connectivity index (χ2v) is 6.31. The summed E-state index contributed by atoms with van der Waals surface area (Å²) in [4.78, 5) is 3.48. The lowest BCUT2D eigenvalue weighted by Crippen LogP contribution is -2.39. The number of thioether (sulfide) groups is 1. The first-order chi connectivity index (χ1) is 9.04. The number of piperidine rings is 1. The topological polar surface area (TPSA) is 53.1 Å². The van der Waals surface area contributed by atoms with Crippen LogP contribution in [0, 0.1) is 17.2 Å². The third-order valence-electron chi connectivity index (χ3n) is 4.17. The van der Waals surface area contributed by atoms with Crippen LogP contribution in [0.2, 0.25) is 0 Å². The van der Waals surface area contributed by atoms with E-state index in [0.717, 1.165) is 35.2 Å². The van der Waals surface area contributed by atoms with Crippen molar-refractivity contribution in [1.82, 2.24) is 0 Å². The molecule has 3 N–H and O–H groups in total. The van der Waals surface area contributed by atoms with Crippen molar-refractivity contribution in [1.29, 1.82) is 5.41 Å². The fraction of sp³-hybridized carbons (Fsp3) is 0.533. The van der Waals surface area contributed by atoms with Gasteiger partial charge < -0.3 is 10.6 Å². The first-order valence-electron chi connectivity index (χ1n) is 6.81. The van der Waals surface area contributed by atoms with Gasteiger partial charge in [-0.1, -0.05) is 19.9 Å². The van der Waals surface area contributed by atoms with Crippen LogP contribution in [0.1, 0.15) is 25.8 Å². The molecule has 1 saturated heterocycles. The molecule has 1 aliphatic rings. The van der Waals surface area contributed by atoms with Crippen LogP contribution in [-0.4, -0.2) is 25.2 Å². The van der Waals surface area contributed by atoms with E-state index in [4.69, 9.17) is 11.1 Å². The Morgan fingerprint density at radius 3 is 2.68 bits per heavy atom. The Hall–Kier alpha value is -1.16. The van der Waals surface area contributed by atoms with Crippen LogP contribution in [0.5, 0.6) is 0 Å². The molecule has 0 amide bonds. The normalized spacial score (nSPS) is 23.4. The molecule has 0 aliphatic carbocycles. The molecule has 1 heterocycles. The summed E-state index contributed by atoms with van der Waals surface area (Å²) < 4.78 is 0. The van der Waals surface area contributed by atoms with E-state index in [0.29, 0.717) is 5.92 Å². The van der Waals surface area contributed by atoms with Crippen molar-refractivity contribution in [2.75, 3.05) is 24.2 Å². The van der Waals surface area contributed by atoms with Gasteiger partial charge in [-0.2, -0.15) is 0 Å². The molecule has 2 rings (SSSR count). The highest BCUT2D eigenvalue weighted by Gasteiger charge is 2.25. The van der Waals surface area contributed by atoms with Crippen molar-refractivity contribution in [2.24, 2.45) is 17.6 Å². The summed E-state index contributed by atoms with van der Waals surface area (Å²) in [7, 11) is 0. The monoisotopic (exact) mass is 277 g/mol. The number of benzene rings is 1. The lowest BCUT2D eigenvalue weighted by Gasteiger charge is -2.38. The fourth-order valence-electron chi connectivity index (χ4n) is 2.71. The van der Waals surface area contributed by atoms with Crippen molar-refractivity contribution in [3.63, 3.8) is 0 Å². The molecule has 3 nitrogen and oxygen atoms in total. The van der Waals surface area contributed by atoms with E-state index in [9.17, 15) is 0 Å². The summed E-state index contributed by atoms with van der Waals surface area (Å²) in [6, 6.07) is 6.20. The van der Waals surface area contributed by atoms with E-state index in [2.05, 4.69) is 30.9 Å². The van der Waals surface area contributed by atoms with Gasteiger partial charge in [-0.15, -0.1) is 11.8 Å². The summed E-state index contributed by atoms with van der Waals surface area (Å²) in [6.07, 6.45) is 3.24. The number of rotatable bonds is 3. The van der Waals surface area contributed by atoms with Gasteiger partial charge >= 0.3 is 0 Å². The molecule has 104 valence electrons. The zero-order valence-electron chi connectivity index (χ0n) is 11.9. The number of hydrogen-bond donors (Lipinski definition) is 2. The number of anilines is 1. The van der Waals surface area contributed by atoms with E-state index in [-0.39, 0.29) is 5.84 Å². The van der Waals surface area contributed by atoms with Crippen molar-refractivity contribution in [3.05, 3.63) is 23.8 Å². The molecule has 1 fully saturated rings. The minimum Gasteiger partial charge on any atom is -0.384 e. The molecule has 0 saturated carbocycles. The van der Waals surface area contributed by atoms with Gasteiger partial charge in [0.05, 0.1) is 5.56 Å². The number of amidine groups is 1. The predicted octanol–water partition coefficient (Wildman–Crippen LogP) is 3.17. The first kappa shape index (κ1) is 14.3. The Balaban J connectivity index is 2.37. The van der Waals surface area contributed by atoms with E-state index in [1.54, 1.807) is 11.8 Å². The highest BCUT2D eigenvalue weighted by molar-refractivity contribution is 7.98. The largest absolute Gasteiger partial charge is 0.384 e. The SMILES string of the molecule is CSc1cccc(N2CCC(C)C(C)C2)c1C(=N)N. The molecule has 0 radical (unpaired) electrons. The molecule has 2 atom stereocenters. The molecule has 0 aromatic heterocycles. The van der Waals surface area contributed by atoms with E-state index in [1.165, 1.54) is 6.42 Å². The molecule has 0 bridgehead atoms. The molecule has 19 heavy (non-hydrogen) atoms. The van der Waals surface area contributed by atoms with Gasteiger partial charge in [-0.05, 0) is 36.6 Å². The molecule has 1 aliphatic heterocycles. The quantitative estimate of drug-likeness (QED) is 0.507.